The SMILES string of the molecule is CC(C)C=C(c1ccc(CN)cc1)C(C)C. The number of hydrogen-bond acceptors (Lipinski definition) is 1. The Hall–Kier alpha value is -1.08. The van der Waals surface area contributed by atoms with Crippen molar-refractivity contribution in [2.24, 2.45) is 17.6 Å². The van der Waals surface area contributed by atoms with Gasteiger partial charge in [-0.3, -0.25) is 0 Å². The molecule has 1 aromatic rings. The van der Waals surface area contributed by atoms with Gasteiger partial charge in [-0.05, 0) is 28.5 Å². The van der Waals surface area contributed by atoms with E-state index in [1.165, 1.54) is 16.7 Å². The van der Waals surface area contributed by atoms with Crippen LogP contribution >= 0.6 is 0 Å². The summed E-state index contributed by atoms with van der Waals surface area (Å²) in [7, 11) is 0. The number of allylic oxidation sites excluding steroid dienone is 2. The Labute approximate surface area is 99.4 Å². The highest BCUT2D eigenvalue weighted by molar-refractivity contribution is 5.67. The Morgan fingerprint density at radius 3 is 2.06 bits per heavy atom. The second-order valence-corrected chi connectivity index (χ2v) is 4.92. The maximum absolute atomic E-state index is 5.60. The van der Waals surface area contributed by atoms with Crippen LogP contribution in [0.1, 0.15) is 38.8 Å². The molecule has 2 N–H and O–H groups in total. The highest BCUT2D eigenvalue weighted by Crippen LogP contribution is 2.25. The van der Waals surface area contributed by atoms with Gasteiger partial charge in [0.25, 0.3) is 0 Å². The average molecular weight is 217 g/mol. The monoisotopic (exact) mass is 217 g/mol. The summed E-state index contributed by atoms with van der Waals surface area (Å²) in [4.78, 5) is 0. The summed E-state index contributed by atoms with van der Waals surface area (Å²) in [6, 6.07) is 8.59. The van der Waals surface area contributed by atoms with E-state index in [1.54, 1.807) is 0 Å². The number of benzene rings is 1. The maximum Gasteiger partial charge on any atom is 0.0178 e. The molecule has 0 unspecified atom stereocenters. The second-order valence-electron chi connectivity index (χ2n) is 4.92. The van der Waals surface area contributed by atoms with Crippen molar-refractivity contribution in [3.8, 4) is 0 Å². The van der Waals surface area contributed by atoms with E-state index in [-0.39, 0.29) is 0 Å². The van der Waals surface area contributed by atoms with Gasteiger partial charge in [-0.2, -0.15) is 0 Å². The Bertz CT molecular complexity index is 344. The molecule has 0 spiro atoms. The van der Waals surface area contributed by atoms with Crippen molar-refractivity contribution in [2.75, 3.05) is 0 Å². The van der Waals surface area contributed by atoms with Gasteiger partial charge in [0.05, 0.1) is 0 Å². The van der Waals surface area contributed by atoms with Crippen molar-refractivity contribution in [1.29, 1.82) is 0 Å². The van der Waals surface area contributed by atoms with E-state index in [1.807, 2.05) is 0 Å². The Balaban J connectivity index is 3.02. The van der Waals surface area contributed by atoms with Gasteiger partial charge in [0.15, 0.2) is 0 Å². The van der Waals surface area contributed by atoms with Gasteiger partial charge < -0.3 is 5.73 Å². The second kappa shape index (κ2) is 5.86. The van der Waals surface area contributed by atoms with Gasteiger partial charge in [0.2, 0.25) is 0 Å². The fourth-order valence-corrected chi connectivity index (χ4v) is 1.81. The third-order valence-corrected chi connectivity index (χ3v) is 2.66. The Morgan fingerprint density at radius 1 is 1.12 bits per heavy atom. The molecular weight excluding hydrogens is 194 g/mol. The molecule has 1 rings (SSSR count). The van der Waals surface area contributed by atoms with E-state index in [0.717, 1.165) is 0 Å². The molecule has 0 saturated carbocycles. The van der Waals surface area contributed by atoms with Gasteiger partial charge >= 0.3 is 0 Å². The van der Waals surface area contributed by atoms with Crippen LogP contribution in [0.3, 0.4) is 0 Å². The van der Waals surface area contributed by atoms with Crippen LogP contribution in [-0.2, 0) is 6.54 Å². The predicted octanol–water partition coefficient (Wildman–Crippen LogP) is 3.84. The molecule has 0 aliphatic rings. The smallest absolute Gasteiger partial charge is 0.0178 e. The van der Waals surface area contributed by atoms with Crippen LogP contribution in [0.25, 0.3) is 5.57 Å². The summed E-state index contributed by atoms with van der Waals surface area (Å²) < 4.78 is 0. The minimum atomic E-state index is 0.561. The molecule has 0 aromatic heterocycles. The van der Waals surface area contributed by atoms with Crippen molar-refractivity contribution in [3.05, 3.63) is 41.5 Å². The Kier molecular flexibility index (Phi) is 4.75. The van der Waals surface area contributed by atoms with E-state index < -0.39 is 0 Å². The van der Waals surface area contributed by atoms with Crippen molar-refractivity contribution in [2.45, 2.75) is 34.2 Å². The van der Waals surface area contributed by atoms with Crippen LogP contribution in [0, 0.1) is 11.8 Å². The van der Waals surface area contributed by atoms with E-state index in [4.69, 9.17) is 5.73 Å². The van der Waals surface area contributed by atoms with Crippen molar-refractivity contribution >= 4 is 5.57 Å². The van der Waals surface area contributed by atoms with Gasteiger partial charge in [-0.15, -0.1) is 0 Å². The fourth-order valence-electron chi connectivity index (χ4n) is 1.81. The molecule has 0 fully saturated rings. The first-order valence-corrected chi connectivity index (χ1v) is 6.05. The lowest BCUT2D eigenvalue weighted by molar-refractivity contribution is 0.797. The number of hydrogen-bond donors (Lipinski definition) is 1. The summed E-state index contributed by atoms with van der Waals surface area (Å²) in [6.07, 6.45) is 2.35. The van der Waals surface area contributed by atoms with Crippen molar-refractivity contribution in [1.82, 2.24) is 0 Å². The summed E-state index contributed by atoms with van der Waals surface area (Å²) in [5.74, 6) is 1.15. The van der Waals surface area contributed by atoms with E-state index in [0.29, 0.717) is 18.4 Å². The minimum Gasteiger partial charge on any atom is -0.326 e. The lowest BCUT2D eigenvalue weighted by Gasteiger charge is -2.14. The molecule has 1 heteroatoms. The van der Waals surface area contributed by atoms with Gasteiger partial charge in [-0.25, -0.2) is 0 Å². The molecule has 0 amide bonds. The molecule has 0 heterocycles. The summed E-state index contributed by atoms with van der Waals surface area (Å²) in [5, 5.41) is 0. The lowest BCUT2D eigenvalue weighted by Crippen LogP contribution is -1.99. The molecule has 0 saturated heterocycles. The molecular formula is C15H23N. The van der Waals surface area contributed by atoms with Crippen molar-refractivity contribution < 1.29 is 0 Å². The van der Waals surface area contributed by atoms with Crippen molar-refractivity contribution in [3.63, 3.8) is 0 Å². The standard InChI is InChI=1S/C15H23N/c1-11(2)9-15(12(3)4)14-7-5-13(10-16)6-8-14/h5-9,11-12H,10,16H2,1-4H3. The summed E-state index contributed by atoms with van der Waals surface area (Å²) >= 11 is 0. The van der Waals surface area contributed by atoms with Crippen LogP contribution in [0.15, 0.2) is 30.3 Å². The first-order valence-electron chi connectivity index (χ1n) is 6.05. The van der Waals surface area contributed by atoms with Gasteiger partial charge in [0, 0.05) is 6.54 Å². The molecule has 0 bridgehead atoms. The van der Waals surface area contributed by atoms with Crippen LogP contribution in [0.5, 0.6) is 0 Å². The minimum absolute atomic E-state index is 0.561. The topological polar surface area (TPSA) is 26.0 Å². The zero-order valence-electron chi connectivity index (χ0n) is 10.8. The molecule has 88 valence electrons. The molecule has 0 aliphatic carbocycles. The first-order chi connectivity index (χ1) is 7.54. The lowest BCUT2D eigenvalue weighted by atomic mass is 9.92. The van der Waals surface area contributed by atoms with E-state index >= 15 is 0 Å². The predicted molar refractivity (Wildman–Crippen MR) is 72.0 cm³/mol. The molecule has 0 radical (unpaired) electrons. The van der Waals surface area contributed by atoms with Crippen LogP contribution < -0.4 is 5.73 Å². The highest BCUT2D eigenvalue weighted by Gasteiger charge is 2.07. The largest absolute Gasteiger partial charge is 0.326 e. The number of nitrogens with two attached hydrogens (primary N) is 1. The zero-order chi connectivity index (χ0) is 12.1. The van der Waals surface area contributed by atoms with Crippen LogP contribution in [0.2, 0.25) is 0 Å². The third-order valence-electron chi connectivity index (χ3n) is 2.66. The van der Waals surface area contributed by atoms with Crippen LogP contribution in [0.4, 0.5) is 0 Å². The van der Waals surface area contributed by atoms with E-state index in [2.05, 4.69) is 58.0 Å². The summed E-state index contributed by atoms with van der Waals surface area (Å²) in [6.45, 7) is 9.54. The van der Waals surface area contributed by atoms with Gasteiger partial charge in [-0.1, -0.05) is 58.0 Å². The first kappa shape index (κ1) is 13.0. The molecule has 1 aromatic carbocycles. The Morgan fingerprint density at radius 2 is 1.69 bits per heavy atom. The van der Waals surface area contributed by atoms with Crippen LogP contribution in [-0.4, -0.2) is 0 Å². The highest BCUT2D eigenvalue weighted by atomic mass is 14.5. The molecule has 0 atom stereocenters. The molecule has 16 heavy (non-hydrogen) atoms. The number of rotatable bonds is 4. The van der Waals surface area contributed by atoms with Gasteiger partial charge in [0.1, 0.15) is 0 Å². The average Bonchev–Trinajstić information content (AvgIpc) is 2.25. The molecule has 0 aliphatic heterocycles. The quantitative estimate of drug-likeness (QED) is 0.814. The summed E-state index contributed by atoms with van der Waals surface area (Å²) in [5.41, 5.74) is 9.54. The van der Waals surface area contributed by atoms with E-state index in [9.17, 15) is 0 Å². The molecule has 1 nitrogen and oxygen atoms in total. The fraction of sp³-hybridized carbons (Fsp3) is 0.467. The normalized spacial score (nSPS) is 12.6. The maximum atomic E-state index is 5.60. The zero-order valence-corrected chi connectivity index (χ0v) is 10.8. The third kappa shape index (κ3) is 3.49.